The van der Waals surface area contributed by atoms with Crippen LogP contribution in [-0.4, -0.2) is 35.7 Å². The van der Waals surface area contributed by atoms with Gasteiger partial charge in [-0.3, -0.25) is 9.59 Å². The van der Waals surface area contributed by atoms with E-state index in [1.54, 1.807) is 0 Å². The number of amides is 1. The Morgan fingerprint density at radius 2 is 1.95 bits per heavy atom. The van der Waals surface area contributed by atoms with Crippen molar-refractivity contribution in [1.82, 2.24) is 5.32 Å². The summed E-state index contributed by atoms with van der Waals surface area (Å²) in [6.07, 6.45) is 0.174. The van der Waals surface area contributed by atoms with Crippen molar-refractivity contribution >= 4 is 11.9 Å². The fourth-order valence-corrected chi connectivity index (χ4v) is 2.59. The third-order valence-electron chi connectivity index (χ3n) is 3.70. The van der Waals surface area contributed by atoms with Crippen molar-refractivity contribution in [3.05, 3.63) is 35.4 Å². The highest BCUT2D eigenvalue weighted by atomic mass is 19.1. The van der Waals surface area contributed by atoms with E-state index in [9.17, 15) is 18.4 Å². The first kappa shape index (κ1) is 16.4. The number of rotatable bonds is 5. The van der Waals surface area contributed by atoms with E-state index in [0.29, 0.717) is 26.1 Å². The summed E-state index contributed by atoms with van der Waals surface area (Å²) in [5, 5.41) is 11.7. The Hall–Kier alpha value is -2.02. The van der Waals surface area contributed by atoms with Gasteiger partial charge in [-0.05, 0) is 31.0 Å². The van der Waals surface area contributed by atoms with Gasteiger partial charge in [-0.1, -0.05) is 0 Å². The maximum Gasteiger partial charge on any atom is 0.305 e. The lowest BCUT2D eigenvalue weighted by Gasteiger charge is -2.36. The van der Waals surface area contributed by atoms with Gasteiger partial charge in [0.2, 0.25) is 5.91 Å². The Bertz CT molecular complexity index is 571. The Balaban J connectivity index is 2.07. The zero-order chi connectivity index (χ0) is 16.2. The molecule has 0 saturated carbocycles. The number of aliphatic carboxylic acids is 1. The van der Waals surface area contributed by atoms with Crippen LogP contribution >= 0.6 is 0 Å². The molecular weight excluding hydrogens is 296 g/mol. The lowest BCUT2D eigenvalue weighted by molar-refractivity contribution is -0.140. The van der Waals surface area contributed by atoms with Crippen molar-refractivity contribution in [3.63, 3.8) is 0 Å². The van der Waals surface area contributed by atoms with Gasteiger partial charge in [0, 0.05) is 18.8 Å². The van der Waals surface area contributed by atoms with E-state index in [-0.39, 0.29) is 18.4 Å². The van der Waals surface area contributed by atoms with E-state index < -0.39 is 29.0 Å². The van der Waals surface area contributed by atoms with Gasteiger partial charge in [0.25, 0.3) is 0 Å². The molecule has 0 unspecified atom stereocenters. The summed E-state index contributed by atoms with van der Waals surface area (Å²) in [6, 6.07) is 2.89. The van der Waals surface area contributed by atoms with Crippen LogP contribution in [0.1, 0.15) is 24.8 Å². The maximum absolute atomic E-state index is 13.6. The van der Waals surface area contributed by atoms with Gasteiger partial charge in [0.1, 0.15) is 11.6 Å². The molecule has 0 radical (unpaired) electrons. The van der Waals surface area contributed by atoms with Crippen LogP contribution in [0.25, 0.3) is 0 Å². The lowest BCUT2D eigenvalue weighted by atomic mass is 9.86. The predicted molar refractivity (Wildman–Crippen MR) is 73.2 cm³/mol. The average molecular weight is 313 g/mol. The van der Waals surface area contributed by atoms with Gasteiger partial charge in [-0.15, -0.1) is 0 Å². The minimum Gasteiger partial charge on any atom is -0.481 e. The van der Waals surface area contributed by atoms with Gasteiger partial charge in [-0.25, -0.2) is 8.78 Å². The summed E-state index contributed by atoms with van der Waals surface area (Å²) in [5.41, 5.74) is -0.958. The average Bonchev–Trinajstić information content (AvgIpc) is 2.42. The molecule has 1 aliphatic heterocycles. The molecule has 0 aromatic heterocycles. The van der Waals surface area contributed by atoms with Gasteiger partial charge in [0.15, 0.2) is 0 Å². The largest absolute Gasteiger partial charge is 0.481 e. The highest BCUT2D eigenvalue weighted by Crippen LogP contribution is 2.25. The van der Waals surface area contributed by atoms with Crippen LogP contribution in [0.5, 0.6) is 0 Å². The van der Waals surface area contributed by atoms with Crippen molar-refractivity contribution in [1.29, 1.82) is 0 Å². The van der Waals surface area contributed by atoms with Crippen molar-refractivity contribution in [2.45, 2.75) is 31.2 Å². The highest BCUT2D eigenvalue weighted by Gasteiger charge is 2.36. The Kier molecular flexibility index (Phi) is 5.07. The summed E-state index contributed by atoms with van der Waals surface area (Å²) in [5.74, 6) is -2.86. The molecule has 1 saturated heterocycles. The first-order valence-electron chi connectivity index (χ1n) is 6.95. The van der Waals surface area contributed by atoms with E-state index in [2.05, 4.69) is 5.32 Å². The van der Waals surface area contributed by atoms with Crippen molar-refractivity contribution in [3.8, 4) is 0 Å². The molecule has 1 aromatic carbocycles. The molecule has 1 heterocycles. The predicted octanol–water partition coefficient (Wildman–Crippen LogP) is 1.65. The fourth-order valence-electron chi connectivity index (χ4n) is 2.59. The van der Waals surface area contributed by atoms with Gasteiger partial charge in [-0.2, -0.15) is 0 Å². The van der Waals surface area contributed by atoms with Crippen molar-refractivity contribution in [2.24, 2.45) is 0 Å². The molecule has 1 amide bonds. The molecule has 1 aliphatic rings. The summed E-state index contributed by atoms with van der Waals surface area (Å²) < 4.78 is 31.9. The van der Waals surface area contributed by atoms with Crippen LogP contribution < -0.4 is 5.32 Å². The minimum absolute atomic E-state index is 0.0602. The van der Waals surface area contributed by atoms with Crippen LogP contribution in [0.15, 0.2) is 18.2 Å². The molecular formula is C15H17F2NO4. The van der Waals surface area contributed by atoms with Crippen LogP contribution in [0.2, 0.25) is 0 Å². The van der Waals surface area contributed by atoms with E-state index in [1.165, 1.54) is 0 Å². The number of hydrogen-bond acceptors (Lipinski definition) is 3. The third kappa shape index (κ3) is 4.24. The minimum atomic E-state index is -1.03. The van der Waals surface area contributed by atoms with Gasteiger partial charge in [0.05, 0.1) is 18.4 Å². The van der Waals surface area contributed by atoms with E-state index in [1.807, 2.05) is 0 Å². The number of nitrogens with one attached hydrogen (secondary N) is 1. The van der Waals surface area contributed by atoms with E-state index >= 15 is 0 Å². The SMILES string of the molecule is O=C(O)CC1(NC(=O)Cc2cc(F)ccc2F)CCOCC1. The van der Waals surface area contributed by atoms with Crippen molar-refractivity contribution < 1.29 is 28.2 Å². The van der Waals surface area contributed by atoms with E-state index in [4.69, 9.17) is 9.84 Å². The topological polar surface area (TPSA) is 75.6 Å². The number of carbonyl (C=O) groups is 2. The second-order valence-electron chi connectivity index (χ2n) is 5.42. The number of hydrogen-bond donors (Lipinski definition) is 2. The number of benzene rings is 1. The van der Waals surface area contributed by atoms with Crippen LogP contribution in [0.4, 0.5) is 8.78 Å². The molecule has 0 aliphatic carbocycles. The Morgan fingerprint density at radius 3 is 2.59 bits per heavy atom. The lowest BCUT2D eigenvalue weighted by Crippen LogP contribution is -2.53. The molecule has 7 heteroatoms. The van der Waals surface area contributed by atoms with Crippen molar-refractivity contribution in [2.75, 3.05) is 13.2 Å². The fraction of sp³-hybridized carbons (Fsp3) is 0.467. The zero-order valence-electron chi connectivity index (χ0n) is 11.9. The molecule has 5 nitrogen and oxygen atoms in total. The molecule has 120 valence electrons. The first-order valence-corrected chi connectivity index (χ1v) is 6.95. The molecule has 22 heavy (non-hydrogen) atoms. The molecule has 2 N–H and O–H groups in total. The molecule has 0 bridgehead atoms. The third-order valence-corrected chi connectivity index (χ3v) is 3.70. The van der Waals surface area contributed by atoms with Gasteiger partial charge < -0.3 is 15.2 Å². The van der Waals surface area contributed by atoms with Crippen LogP contribution in [-0.2, 0) is 20.7 Å². The smallest absolute Gasteiger partial charge is 0.305 e. The summed E-state index contributed by atoms with van der Waals surface area (Å²) >= 11 is 0. The Morgan fingerprint density at radius 1 is 1.27 bits per heavy atom. The maximum atomic E-state index is 13.6. The summed E-state index contributed by atoms with van der Waals surface area (Å²) in [7, 11) is 0. The van der Waals surface area contributed by atoms with Crippen LogP contribution in [0.3, 0.4) is 0 Å². The number of carboxylic acids is 1. The molecule has 0 spiro atoms. The first-order chi connectivity index (χ1) is 10.4. The highest BCUT2D eigenvalue weighted by molar-refractivity contribution is 5.80. The normalized spacial score (nSPS) is 17.0. The Labute approximate surface area is 126 Å². The van der Waals surface area contributed by atoms with E-state index in [0.717, 1.165) is 18.2 Å². The number of ether oxygens (including phenoxy) is 1. The quantitative estimate of drug-likeness (QED) is 0.866. The molecule has 0 atom stereocenters. The molecule has 2 rings (SSSR count). The second kappa shape index (κ2) is 6.83. The number of carboxylic acid groups (broad SMARTS) is 1. The number of carbonyl (C=O) groups excluding carboxylic acids is 1. The standard InChI is InChI=1S/C15H17F2NO4/c16-11-1-2-12(17)10(7-11)8-13(19)18-15(9-14(20)21)3-5-22-6-4-15/h1-2,7H,3-6,8-9H2,(H,18,19)(H,20,21). The number of halogens is 2. The summed E-state index contributed by atoms with van der Waals surface area (Å²) in [6.45, 7) is 0.698. The van der Waals surface area contributed by atoms with Crippen LogP contribution in [0, 0.1) is 11.6 Å². The second-order valence-corrected chi connectivity index (χ2v) is 5.42. The molecule has 1 aromatic rings. The van der Waals surface area contributed by atoms with Gasteiger partial charge >= 0.3 is 5.97 Å². The zero-order valence-corrected chi connectivity index (χ0v) is 11.9. The summed E-state index contributed by atoms with van der Waals surface area (Å²) in [4.78, 5) is 23.1. The molecule has 1 fully saturated rings. The monoisotopic (exact) mass is 313 g/mol.